The molecule has 1 aliphatic carbocycles. The van der Waals surface area contributed by atoms with Crippen LogP contribution in [0.1, 0.15) is 38.2 Å². The maximum absolute atomic E-state index is 14.3. The summed E-state index contributed by atoms with van der Waals surface area (Å²) in [4.78, 5) is 0. The van der Waals surface area contributed by atoms with Gasteiger partial charge in [0, 0.05) is 36.2 Å². The molecule has 0 radical (unpaired) electrons. The van der Waals surface area contributed by atoms with Crippen LogP contribution in [-0.2, 0) is 10.2 Å². The molecule has 118 valence electrons. The average Bonchev–Trinajstić information content (AvgIpc) is 2.41. The Balaban J connectivity index is 2.13. The van der Waals surface area contributed by atoms with Crippen molar-refractivity contribution < 1.29 is 9.13 Å². The molecule has 0 atom stereocenters. The number of methoxy groups -OCH3 is 1. The number of nitrogens with one attached hydrogen (secondary N) is 1. The van der Waals surface area contributed by atoms with Crippen LogP contribution in [0.4, 0.5) is 4.39 Å². The fourth-order valence-corrected chi connectivity index (χ4v) is 3.96. The van der Waals surface area contributed by atoms with Crippen LogP contribution >= 0.6 is 11.6 Å². The van der Waals surface area contributed by atoms with Crippen LogP contribution in [0.25, 0.3) is 0 Å². The molecular formula is C17H25ClFNO. The zero-order valence-electron chi connectivity index (χ0n) is 12.9. The molecule has 0 bridgehead atoms. The smallest absolute Gasteiger partial charge is 0.128 e. The Morgan fingerprint density at radius 3 is 2.81 bits per heavy atom. The summed E-state index contributed by atoms with van der Waals surface area (Å²) in [6, 6.07) is 4.99. The second-order valence-electron chi connectivity index (χ2n) is 6.11. The van der Waals surface area contributed by atoms with Crippen molar-refractivity contribution in [2.24, 2.45) is 5.92 Å². The summed E-state index contributed by atoms with van der Waals surface area (Å²) in [7, 11) is 1.69. The van der Waals surface area contributed by atoms with Gasteiger partial charge < -0.3 is 10.1 Å². The van der Waals surface area contributed by atoms with Gasteiger partial charge in [0.1, 0.15) is 5.82 Å². The molecule has 0 amide bonds. The van der Waals surface area contributed by atoms with E-state index in [2.05, 4.69) is 12.2 Å². The minimum atomic E-state index is -0.175. The first-order chi connectivity index (χ1) is 10.1. The molecule has 1 aliphatic rings. The van der Waals surface area contributed by atoms with Crippen molar-refractivity contribution in [1.82, 2.24) is 5.32 Å². The van der Waals surface area contributed by atoms with E-state index in [1.54, 1.807) is 19.2 Å². The van der Waals surface area contributed by atoms with Gasteiger partial charge in [0.05, 0.1) is 6.61 Å². The van der Waals surface area contributed by atoms with Gasteiger partial charge >= 0.3 is 0 Å². The minimum Gasteiger partial charge on any atom is -0.383 e. The molecule has 0 saturated heterocycles. The normalized spacial score (nSPS) is 24.9. The third-order valence-electron chi connectivity index (χ3n) is 4.50. The number of rotatable bonds is 8. The third kappa shape index (κ3) is 3.77. The number of benzene rings is 1. The zero-order valence-corrected chi connectivity index (χ0v) is 13.7. The molecule has 2 rings (SSSR count). The molecule has 0 aliphatic heterocycles. The molecule has 0 aromatic heterocycles. The van der Waals surface area contributed by atoms with Crippen LogP contribution in [0.5, 0.6) is 0 Å². The van der Waals surface area contributed by atoms with E-state index in [0.717, 1.165) is 25.9 Å². The Labute approximate surface area is 132 Å². The molecule has 0 spiro atoms. The van der Waals surface area contributed by atoms with Crippen LogP contribution < -0.4 is 5.32 Å². The van der Waals surface area contributed by atoms with Gasteiger partial charge in [0.15, 0.2) is 0 Å². The molecule has 21 heavy (non-hydrogen) atoms. The highest BCUT2D eigenvalue weighted by Crippen LogP contribution is 2.51. The van der Waals surface area contributed by atoms with E-state index >= 15 is 0 Å². The van der Waals surface area contributed by atoms with Crippen molar-refractivity contribution in [2.45, 2.75) is 38.0 Å². The molecule has 1 N–H and O–H groups in total. The van der Waals surface area contributed by atoms with Crippen molar-refractivity contribution in [3.8, 4) is 0 Å². The van der Waals surface area contributed by atoms with Crippen molar-refractivity contribution in [3.63, 3.8) is 0 Å². The van der Waals surface area contributed by atoms with Gasteiger partial charge in [-0.15, -0.1) is 0 Å². The van der Waals surface area contributed by atoms with Crippen LogP contribution in [0.3, 0.4) is 0 Å². The Morgan fingerprint density at radius 1 is 1.43 bits per heavy atom. The molecular weight excluding hydrogens is 289 g/mol. The summed E-state index contributed by atoms with van der Waals surface area (Å²) in [5, 5.41) is 3.95. The van der Waals surface area contributed by atoms with E-state index in [1.807, 2.05) is 0 Å². The number of hydrogen-bond acceptors (Lipinski definition) is 2. The maximum atomic E-state index is 14.3. The van der Waals surface area contributed by atoms with Gasteiger partial charge in [-0.05, 0) is 30.9 Å². The van der Waals surface area contributed by atoms with Crippen molar-refractivity contribution in [2.75, 3.05) is 26.8 Å². The summed E-state index contributed by atoms with van der Waals surface area (Å²) in [6.07, 6.45) is 4.43. The Morgan fingerprint density at radius 2 is 2.19 bits per heavy atom. The molecule has 4 heteroatoms. The van der Waals surface area contributed by atoms with Crippen LogP contribution in [0, 0.1) is 11.7 Å². The first-order valence-electron chi connectivity index (χ1n) is 7.77. The van der Waals surface area contributed by atoms with Crippen molar-refractivity contribution in [3.05, 3.63) is 34.6 Å². The first-order valence-corrected chi connectivity index (χ1v) is 8.15. The molecule has 0 unspecified atom stereocenters. The van der Waals surface area contributed by atoms with Gasteiger partial charge in [0.25, 0.3) is 0 Å². The SMILES string of the molecule is CCCC1CC(CNCCOC)(c2c(F)cccc2Cl)C1. The molecule has 1 aromatic rings. The quantitative estimate of drug-likeness (QED) is 0.728. The fourth-order valence-electron chi connectivity index (χ4n) is 3.60. The lowest BCUT2D eigenvalue weighted by atomic mass is 9.57. The topological polar surface area (TPSA) is 21.3 Å². The predicted molar refractivity (Wildman–Crippen MR) is 85.5 cm³/mol. The zero-order chi connectivity index (χ0) is 15.3. The van der Waals surface area contributed by atoms with Crippen LogP contribution in [0.2, 0.25) is 5.02 Å². The molecule has 2 nitrogen and oxygen atoms in total. The second kappa shape index (κ2) is 7.57. The van der Waals surface area contributed by atoms with E-state index in [9.17, 15) is 4.39 Å². The van der Waals surface area contributed by atoms with Crippen LogP contribution in [0.15, 0.2) is 18.2 Å². The summed E-state index contributed by atoms with van der Waals surface area (Å²) in [5.41, 5.74) is 0.541. The number of halogens is 2. The average molecular weight is 314 g/mol. The molecule has 1 fully saturated rings. The lowest BCUT2D eigenvalue weighted by molar-refractivity contribution is 0.120. The highest BCUT2D eigenvalue weighted by Gasteiger charge is 2.47. The van der Waals surface area contributed by atoms with Crippen molar-refractivity contribution >= 4 is 11.6 Å². The first kappa shape index (κ1) is 16.7. The summed E-state index contributed by atoms with van der Waals surface area (Å²) in [6.45, 7) is 4.41. The maximum Gasteiger partial charge on any atom is 0.128 e. The summed E-state index contributed by atoms with van der Waals surface area (Å²) >= 11 is 6.30. The molecule has 0 heterocycles. The molecule has 1 aromatic carbocycles. The van der Waals surface area contributed by atoms with E-state index in [-0.39, 0.29) is 11.2 Å². The fraction of sp³-hybridized carbons (Fsp3) is 0.647. The lowest BCUT2D eigenvalue weighted by Gasteiger charge is -2.49. The van der Waals surface area contributed by atoms with Gasteiger partial charge in [-0.2, -0.15) is 0 Å². The van der Waals surface area contributed by atoms with Gasteiger partial charge in [-0.25, -0.2) is 4.39 Å². The largest absolute Gasteiger partial charge is 0.383 e. The Hall–Kier alpha value is -0.640. The van der Waals surface area contributed by atoms with E-state index in [0.29, 0.717) is 23.1 Å². The third-order valence-corrected chi connectivity index (χ3v) is 4.81. The summed E-state index contributed by atoms with van der Waals surface area (Å²) in [5.74, 6) is 0.515. The van der Waals surface area contributed by atoms with E-state index in [1.165, 1.54) is 18.9 Å². The monoisotopic (exact) mass is 313 g/mol. The lowest BCUT2D eigenvalue weighted by Crippen LogP contribution is -2.49. The summed E-state index contributed by atoms with van der Waals surface area (Å²) < 4.78 is 19.4. The Kier molecular flexibility index (Phi) is 6.03. The minimum absolute atomic E-state index is 0.157. The highest BCUT2D eigenvalue weighted by atomic mass is 35.5. The van der Waals surface area contributed by atoms with E-state index < -0.39 is 0 Å². The number of ether oxygens (including phenoxy) is 1. The highest BCUT2D eigenvalue weighted by molar-refractivity contribution is 6.31. The second-order valence-corrected chi connectivity index (χ2v) is 6.52. The van der Waals surface area contributed by atoms with Crippen molar-refractivity contribution in [1.29, 1.82) is 0 Å². The standard InChI is InChI=1S/C17H25ClFNO/c1-3-5-13-10-17(11-13,12-20-8-9-21-2)16-14(18)6-4-7-15(16)19/h4,6-7,13,20H,3,5,8-12H2,1-2H3. The van der Waals surface area contributed by atoms with Crippen LogP contribution in [-0.4, -0.2) is 26.8 Å². The molecule has 1 saturated carbocycles. The van der Waals surface area contributed by atoms with Gasteiger partial charge in [-0.1, -0.05) is 37.4 Å². The predicted octanol–water partition coefficient (Wildman–Crippen LogP) is 4.16. The van der Waals surface area contributed by atoms with Gasteiger partial charge in [-0.3, -0.25) is 0 Å². The Bertz CT molecular complexity index is 440. The van der Waals surface area contributed by atoms with Gasteiger partial charge in [0.2, 0.25) is 0 Å². The van der Waals surface area contributed by atoms with E-state index in [4.69, 9.17) is 16.3 Å². The number of hydrogen-bond donors (Lipinski definition) is 1.